The van der Waals surface area contributed by atoms with Crippen molar-refractivity contribution in [3.05, 3.63) is 68.2 Å². The molecule has 7 nitrogen and oxygen atoms in total. The van der Waals surface area contributed by atoms with Gasteiger partial charge in [0.15, 0.2) is 0 Å². The minimum absolute atomic E-state index is 0.147. The lowest BCUT2D eigenvalue weighted by Crippen LogP contribution is -2.22. The highest BCUT2D eigenvalue weighted by Crippen LogP contribution is 2.26. The SMILES string of the molecule is CN(C)C(=O)c1cccc(NC(=O)c2ccc(Br)c([N+](=O)[O-])c2)c1. The fourth-order valence-corrected chi connectivity index (χ4v) is 2.38. The maximum atomic E-state index is 12.3. The third kappa shape index (κ3) is 3.96. The average Bonchev–Trinajstić information content (AvgIpc) is 2.54. The van der Waals surface area contributed by atoms with Crippen molar-refractivity contribution in [1.29, 1.82) is 0 Å². The molecule has 0 bridgehead atoms. The number of amides is 2. The molecule has 0 saturated heterocycles. The lowest BCUT2D eigenvalue weighted by atomic mass is 10.1. The molecular weight excluding hydrogens is 378 g/mol. The Labute approximate surface area is 146 Å². The zero-order valence-corrected chi connectivity index (χ0v) is 14.5. The van der Waals surface area contributed by atoms with Gasteiger partial charge in [-0.2, -0.15) is 0 Å². The van der Waals surface area contributed by atoms with Crippen LogP contribution < -0.4 is 5.32 Å². The molecule has 24 heavy (non-hydrogen) atoms. The molecule has 2 amide bonds. The fraction of sp³-hybridized carbons (Fsp3) is 0.125. The second-order valence-electron chi connectivity index (χ2n) is 5.16. The van der Waals surface area contributed by atoms with E-state index in [1.54, 1.807) is 38.4 Å². The molecule has 2 aromatic carbocycles. The first-order chi connectivity index (χ1) is 11.3. The van der Waals surface area contributed by atoms with Crippen LogP contribution in [0.1, 0.15) is 20.7 Å². The van der Waals surface area contributed by atoms with E-state index >= 15 is 0 Å². The molecule has 0 fully saturated rings. The standard InChI is InChI=1S/C16H14BrN3O4/c1-19(2)16(22)11-4-3-5-12(8-11)18-15(21)10-6-7-13(17)14(9-10)20(23)24/h3-9H,1-2H3,(H,18,21). The summed E-state index contributed by atoms with van der Waals surface area (Å²) in [5.41, 5.74) is 0.811. The first kappa shape index (κ1) is 17.6. The number of hydrogen-bond acceptors (Lipinski definition) is 4. The van der Waals surface area contributed by atoms with E-state index in [-0.39, 0.29) is 17.2 Å². The molecule has 0 aliphatic heterocycles. The van der Waals surface area contributed by atoms with Crippen LogP contribution in [0.5, 0.6) is 0 Å². The van der Waals surface area contributed by atoms with Crippen LogP contribution in [0.4, 0.5) is 11.4 Å². The molecule has 2 rings (SSSR count). The van der Waals surface area contributed by atoms with Gasteiger partial charge in [-0.3, -0.25) is 19.7 Å². The molecule has 0 atom stereocenters. The van der Waals surface area contributed by atoms with Gasteiger partial charge in [0.1, 0.15) is 0 Å². The van der Waals surface area contributed by atoms with Crippen molar-refractivity contribution in [2.75, 3.05) is 19.4 Å². The van der Waals surface area contributed by atoms with Gasteiger partial charge in [0.05, 0.1) is 9.40 Å². The topological polar surface area (TPSA) is 92.6 Å². The van der Waals surface area contributed by atoms with Crippen molar-refractivity contribution in [3.8, 4) is 0 Å². The van der Waals surface area contributed by atoms with E-state index in [9.17, 15) is 19.7 Å². The maximum absolute atomic E-state index is 12.3. The zero-order valence-electron chi connectivity index (χ0n) is 12.9. The van der Waals surface area contributed by atoms with Crippen LogP contribution in [0.2, 0.25) is 0 Å². The number of nitrogens with zero attached hydrogens (tertiary/aromatic N) is 2. The van der Waals surface area contributed by atoms with Gasteiger partial charge in [0.25, 0.3) is 17.5 Å². The van der Waals surface area contributed by atoms with Crippen molar-refractivity contribution in [2.45, 2.75) is 0 Å². The molecule has 0 aromatic heterocycles. The molecule has 124 valence electrons. The Morgan fingerprint density at radius 3 is 2.46 bits per heavy atom. The first-order valence-electron chi connectivity index (χ1n) is 6.86. The summed E-state index contributed by atoms with van der Waals surface area (Å²) in [5, 5.41) is 13.6. The second-order valence-corrected chi connectivity index (χ2v) is 6.01. The van der Waals surface area contributed by atoms with E-state index in [0.29, 0.717) is 15.7 Å². The number of rotatable bonds is 4. The summed E-state index contributed by atoms with van der Waals surface area (Å²) in [6.07, 6.45) is 0. The molecule has 0 heterocycles. The number of benzene rings is 2. The molecule has 8 heteroatoms. The van der Waals surface area contributed by atoms with Crippen LogP contribution in [0.3, 0.4) is 0 Å². The number of carbonyl (C=O) groups is 2. The predicted octanol–water partition coefficient (Wildman–Crippen LogP) is 3.31. The maximum Gasteiger partial charge on any atom is 0.284 e. The quantitative estimate of drug-likeness (QED) is 0.638. The molecule has 0 unspecified atom stereocenters. The minimum atomic E-state index is -0.572. The highest BCUT2D eigenvalue weighted by Gasteiger charge is 2.16. The summed E-state index contributed by atoms with van der Waals surface area (Å²) in [6.45, 7) is 0. The normalized spacial score (nSPS) is 10.1. The number of halogens is 1. The van der Waals surface area contributed by atoms with Gasteiger partial charge in [-0.25, -0.2) is 0 Å². The molecular formula is C16H14BrN3O4. The van der Waals surface area contributed by atoms with Crippen molar-refractivity contribution in [2.24, 2.45) is 0 Å². The van der Waals surface area contributed by atoms with Crippen molar-refractivity contribution < 1.29 is 14.5 Å². The number of anilines is 1. The monoisotopic (exact) mass is 391 g/mol. The smallest absolute Gasteiger partial charge is 0.284 e. The summed E-state index contributed by atoms with van der Waals surface area (Å²) in [6, 6.07) is 10.6. The lowest BCUT2D eigenvalue weighted by Gasteiger charge is -2.11. The number of hydrogen-bond donors (Lipinski definition) is 1. The fourth-order valence-electron chi connectivity index (χ4n) is 1.99. The van der Waals surface area contributed by atoms with Gasteiger partial charge in [0, 0.05) is 37.0 Å². The Morgan fingerprint density at radius 1 is 1.12 bits per heavy atom. The predicted molar refractivity (Wildman–Crippen MR) is 93.2 cm³/mol. The average molecular weight is 392 g/mol. The molecule has 2 aromatic rings. The summed E-state index contributed by atoms with van der Waals surface area (Å²) < 4.78 is 0.294. The number of nitro groups is 1. The van der Waals surface area contributed by atoms with Crippen LogP contribution >= 0.6 is 15.9 Å². The summed E-state index contributed by atoms with van der Waals surface area (Å²) in [7, 11) is 3.27. The second kappa shape index (κ2) is 7.22. The van der Waals surface area contributed by atoms with Gasteiger partial charge >= 0.3 is 0 Å². The zero-order chi connectivity index (χ0) is 17.9. The van der Waals surface area contributed by atoms with Gasteiger partial charge in [-0.15, -0.1) is 0 Å². The van der Waals surface area contributed by atoms with E-state index in [2.05, 4.69) is 21.2 Å². The van der Waals surface area contributed by atoms with Crippen molar-refractivity contribution >= 4 is 39.1 Å². The van der Waals surface area contributed by atoms with Gasteiger partial charge in [0.2, 0.25) is 0 Å². The Kier molecular flexibility index (Phi) is 5.30. The third-order valence-corrected chi connectivity index (χ3v) is 3.85. The summed E-state index contributed by atoms with van der Waals surface area (Å²) >= 11 is 3.07. The van der Waals surface area contributed by atoms with Crippen LogP contribution in [0.25, 0.3) is 0 Å². The van der Waals surface area contributed by atoms with Crippen LogP contribution in [-0.2, 0) is 0 Å². The Hall–Kier alpha value is -2.74. The Balaban J connectivity index is 2.24. The Morgan fingerprint density at radius 2 is 1.83 bits per heavy atom. The van der Waals surface area contributed by atoms with Crippen LogP contribution in [0, 0.1) is 10.1 Å². The van der Waals surface area contributed by atoms with E-state index in [4.69, 9.17) is 0 Å². The van der Waals surface area contributed by atoms with E-state index in [1.165, 1.54) is 23.1 Å². The highest BCUT2D eigenvalue weighted by atomic mass is 79.9. The highest BCUT2D eigenvalue weighted by molar-refractivity contribution is 9.10. The minimum Gasteiger partial charge on any atom is -0.345 e. The van der Waals surface area contributed by atoms with Crippen molar-refractivity contribution in [1.82, 2.24) is 4.90 Å². The van der Waals surface area contributed by atoms with Crippen LogP contribution in [0.15, 0.2) is 46.9 Å². The third-order valence-electron chi connectivity index (χ3n) is 3.18. The molecule has 1 N–H and O–H groups in total. The summed E-state index contributed by atoms with van der Waals surface area (Å²) in [4.78, 5) is 36.0. The number of nitro benzene ring substituents is 1. The molecule has 0 spiro atoms. The van der Waals surface area contributed by atoms with E-state index < -0.39 is 10.8 Å². The largest absolute Gasteiger partial charge is 0.345 e. The molecule has 0 aliphatic carbocycles. The summed E-state index contributed by atoms with van der Waals surface area (Å²) in [5.74, 6) is -0.689. The lowest BCUT2D eigenvalue weighted by molar-refractivity contribution is -0.385. The Bertz CT molecular complexity index is 821. The van der Waals surface area contributed by atoms with Gasteiger partial charge < -0.3 is 10.2 Å². The molecule has 0 radical (unpaired) electrons. The van der Waals surface area contributed by atoms with Gasteiger partial charge in [-0.05, 0) is 46.3 Å². The number of nitrogens with one attached hydrogen (secondary N) is 1. The van der Waals surface area contributed by atoms with Crippen molar-refractivity contribution in [3.63, 3.8) is 0 Å². The number of carbonyl (C=O) groups excluding carboxylic acids is 2. The van der Waals surface area contributed by atoms with E-state index in [1.807, 2.05) is 0 Å². The van der Waals surface area contributed by atoms with Crippen LogP contribution in [-0.4, -0.2) is 35.7 Å². The van der Waals surface area contributed by atoms with E-state index in [0.717, 1.165) is 0 Å². The molecule has 0 aliphatic rings. The first-order valence-corrected chi connectivity index (χ1v) is 7.66. The van der Waals surface area contributed by atoms with Gasteiger partial charge in [-0.1, -0.05) is 6.07 Å². The molecule has 0 saturated carbocycles.